The van der Waals surface area contributed by atoms with Gasteiger partial charge >= 0.3 is 6.18 Å². The first-order valence-electron chi connectivity index (χ1n) is 13.5. The molecule has 1 aliphatic heterocycles. The number of nitrogens with zero attached hydrogens (tertiary/aromatic N) is 4. The van der Waals surface area contributed by atoms with Crippen LogP contribution in [-0.2, 0) is 16.8 Å². The lowest BCUT2D eigenvalue weighted by molar-refractivity contribution is -0.128. The SMILES string of the molecule is CC(=O)N[C@H]1CC[C@H](c2nc(-c3cncc(C(O)(c4ccc(CC(F)(F)F)cc4)C4(C)CN(C)C4)c3)no2)CC1. The summed E-state index contributed by atoms with van der Waals surface area (Å²) < 4.78 is 44.4. The zero-order valence-electron chi connectivity index (χ0n) is 22.8. The molecule has 5 rings (SSSR count). The van der Waals surface area contributed by atoms with E-state index < -0.39 is 23.6 Å². The highest BCUT2D eigenvalue weighted by molar-refractivity contribution is 5.73. The van der Waals surface area contributed by atoms with Gasteiger partial charge in [0.2, 0.25) is 17.6 Å². The Labute approximate surface area is 231 Å². The molecule has 0 spiro atoms. The number of alkyl halides is 3. The number of aliphatic hydroxyl groups is 1. The zero-order chi connectivity index (χ0) is 28.7. The summed E-state index contributed by atoms with van der Waals surface area (Å²) in [5.41, 5.74) is -0.421. The van der Waals surface area contributed by atoms with Crippen LogP contribution in [0.15, 0.2) is 47.2 Å². The predicted octanol–water partition coefficient (Wildman–Crippen LogP) is 4.59. The molecular weight excluding hydrogens is 523 g/mol. The van der Waals surface area contributed by atoms with Gasteiger partial charge < -0.3 is 19.8 Å². The highest BCUT2D eigenvalue weighted by Gasteiger charge is 2.55. The van der Waals surface area contributed by atoms with Crippen LogP contribution in [0.1, 0.15) is 68.0 Å². The first-order valence-corrected chi connectivity index (χ1v) is 13.5. The Kier molecular flexibility index (Phi) is 7.47. The second kappa shape index (κ2) is 10.6. The van der Waals surface area contributed by atoms with Crippen LogP contribution in [-0.4, -0.2) is 63.4 Å². The maximum absolute atomic E-state index is 12.9. The molecule has 3 aromatic rings. The summed E-state index contributed by atoms with van der Waals surface area (Å²) in [5.74, 6) is 0.950. The summed E-state index contributed by atoms with van der Waals surface area (Å²) >= 11 is 0. The Hall–Kier alpha value is -3.31. The average molecular weight is 558 g/mol. The van der Waals surface area contributed by atoms with Gasteiger partial charge in [0.1, 0.15) is 5.60 Å². The fourth-order valence-corrected chi connectivity index (χ4v) is 6.38. The molecular formula is C29H34F3N5O3. The number of carbonyl (C=O) groups is 1. The lowest BCUT2D eigenvalue weighted by Crippen LogP contribution is -2.63. The highest BCUT2D eigenvalue weighted by atomic mass is 19.4. The van der Waals surface area contributed by atoms with E-state index in [1.165, 1.54) is 19.1 Å². The summed E-state index contributed by atoms with van der Waals surface area (Å²) in [6, 6.07) is 7.92. The number of hydrogen-bond acceptors (Lipinski definition) is 7. The van der Waals surface area contributed by atoms with Gasteiger partial charge in [0.25, 0.3) is 0 Å². The highest BCUT2D eigenvalue weighted by Crippen LogP contribution is 2.50. The van der Waals surface area contributed by atoms with E-state index in [9.17, 15) is 23.1 Å². The van der Waals surface area contributed by atoms with Crippen molar-refractivity contribution in [1.82, 2.24) is 25.3 Å². The second-order valence-electron chi connectivity index (χ2n) is 11.6. The third-order valence-electron chi connectivity index (χ3n) is 8.23. The Morgan fingerprint density at radius 1 is 1.12 bits per heavy atom. The first-order chi connectivity index (χ1) is 18.9. The summed E-state index contributed by atoms with van der Waals surface area (Å²) in [7, 11) is 1.95. The standard InChI is InChI=1S/C29H34F3N5O3/c1-18(38)34-24-10-6-20(7-11-24)26-35-25(36-40-26)21-12-23(15-33-14-21)29(39,27(2)16-37(3)17-27)22-8-4-19(5-9-22)13-28(30,31)32/h4-5,8-9,12,14-15,20,24,39H,6-7,10-11,13,16-17H2,1-3H3,(H,34,38)/t20-,24-,29?. The van der Waals surface area contributed by atoms with Crippen molar-refractivity contribution >= 4 is 5.91 Å². The van der Waals surface area contributed by atoms with Gasteiger partial charge in [-0.25, -0.2) is 0 Å². The third-order valence-corrected chi connectivity index (χ3v) is 8.23. The molecule has 1 unspecified atom stereocenters. The van der Waals surface area contributed by atoms with E-state index in [0.29, 0.717) is 41.5 Å². The lowest BCUT2D eigenvalue weighted by Gasteiger charge is -2.55. The second-order valence-corrected chi connectivity index (χ2v) is 11.6. The van der Waals surface area contributed by atoms with E-state index in [-0.39, 0.29) is 23.4 Å². The molecule has 40 heavy (non-hydrogen) atoms. The molecule has 2 aromatic heterocycles. The maximum Gasteiger partial charge on any atom is 0.393 e. The summed E-state index contributed by atoms with van der Waals surface area (Å²) in [6.45, 7) is 4.66. The molecule has 1 saturated carbocycles. The van der Waals surface area contributed by atoms with Gasteiger partial charge in [0, 0.05) is 60.9 Å². The van der Waals surface area contributed by atoms with Crippen LogP contribution >= 0.6 is 0 Å². The van der Waals surface area contributed by atoms with Gasteiger partial charge in [-0.1, -0.05) is 36.3 Å². The Balaban J connectivity index is 1.42. The van der Waals surface area contributed by atoms with Gasteiger partial charge in [0.05, 0.1) is 6.42 Å². The minimum absolute atomic E-state index is 0.0319. The van der Waals surface area contributed by atoms with E-state index in [2.05, 4.69) is 25.3 Å². The fourth-order valence-electron chi connectivity index (χ4n) is 6.38. The van der Waals surface area contributed by atoms with Crippen molar-refractivity contribution in [2.75, 3.05) is 20.1 Å². The van der Waals surface area contributed by atoms with Gasteiger partial charge in [-0.3, -0.25) is 9.78 Å². The average Bonchev–Trinajstić information content (AvgIpc) is 3.37. The molecule has 0 bridgehead atoms. The van der Waals surface area contributed by atoms with Crippen LogP contribution in [0, 0.1) is 5.41 Å². The van der Waals surface area contributed by atoms with Crippen molar-refractivity contribution in [3.63, 3.8) is 0 Å². The monoisotopic (exact) mass is 557 g/mol. The predicted molar refractivity (Wildman–Crippen MR) is 141 cm³/mol. The number of halogens is 3. The summed E-state index contributed by atoms with van der Waals surface area (Å²) in [6.07, 6.45) is 1.16. The number of hydrogen-bond donors (Lipinski definition) is 2. The minimum atomic E-state index is -4.31. The van der Waals surface area contributed by atoms with Crippen LogP contribution in [0.2, 0.25) is 0 Å². The number of benzene rings is 1. The third kappa shape index (κ3) is 5.62. The van der Waals surface area contributed by atoms with Crippen LogP contribution in [0.5, 0.6) is 0 Å². The first kappa shape index (κ1) is 28.2. The Morgan fingerprint density at radius 3 is 2.40 bits per heavy atom. The fraction of sp³-hybridized carbons (Fsp3) is 0.517. The van der Waals surface area contributed by atoms with Crippen LogP contribution < -0.4 is 5.32 Å². The van der Waals surface area contributed by atoms with Crippen LogP contribution in [0.25, 0.3) is 11.4 Å². The number of pyridine rings is 1. The molecule has 2 aliphatic rings. The number of likely N-dealkylation sites (tertiary alicyclic amines) is 1. The molecule has 1 saturated heterocycles. The van der Waals surface area contributed by atoms with E-state index >= 15 is 0 Å². The van der Waals surface area contributed by atoms with Crippen LogP contribution in [0.4, 0.5) is 13.2 Å². The number of nitrogens with one attached hydrogen (secondary N) is 1. The van der Waals surface area contributed by atoms with Crippen molar-refractivity contribution in [3.05, 3.63) is 65.3 Å². The summed E-state index contributed by atoms with van der Waals surface area (Å²) in [4.78, 5) is 22.5. The van der Waals surface area contributed by atoms with Crippen LogP contribution in [0.3, 0.4) is 0 Å². The van der Waals surface area contributed by atoms with Crippen molar-refractivity contribution in [2.45, 2.75) is 69.7 Å². The number of aromatic nitrogens is 3. The molecule has 3 heterocycles. The topological polar surface area (TPSA) is 104 Å². The largest absolute Gasteiger partial charge is 0.393 e. The molecule has 2 fully saturated rings. The number of amides is 1. The van der Waals surface area contributed by atoms with E-state index in [4.69, 9.17) is 4.52 Å². The van der Waals surface area contributed by atoms with Crippen molar-refractivity contribution < 1.29 is 27.6 Å². The van der Waals surface area contributed by atoms with Crippen molar-refractivity contribution in [1.29, 1.82) is 0 Å². The number of carbonyl (C=O) groups excluding carboxylic acids is 1. The van der Waals surface area contributed by atoms with Crippen molar-refractivity contribution in [3.8, 4) is 11.4 Å². The molecule has 214 valence electrons. The van der Waals surface area contributed by atoms with Gasteiger partial charge in [0.15, 0.2) is 0 Å². The lowest BCUT2D eigenvalue weighted by atomic mass is 9.62. The molecule has 11 heteroatoms. The molecule has 1 aliphatic carbocycles. The smallest absolute Gasteiger partial charge is 0.380 e. The Bertz CT molecular complexity index is 1350. The summed E-state index contributed by atoms with van der Waals surface area (Å²) in [5, 5.41) is 19.5. The van der Waals surface area contributed by atoms with Crippen molar-refractivity contribution in [2.24, 2.45) is 5.41 Å². The van der Waals surface area contributed by atoms with Gasteiger partial charge in [-0.2, -0.15) is 18.2 Å². The molecule has 1 aromatic carbocycles. The maximum atomic E-state index is 12.9. The van der Waals surface area contributed by atoms with Gasteiger partial charge in [-0.05, 0) is 49.9 Å². The Morgan fingerprint density at radius 2 is 1.80 bits per heavy atom. The molecule has 0 radical (unpaired) electrons. The molecule has 1 atom stereocenters. The normalized spacial score (nSPS) is 22.8. The zero-order valence-corrected chi connectivity index (χ0v) is 22.8. The van der Waals surface area contributed by atoms with Gasteiger partial charge in [-0.15, -0.1) is 0 Å². The minimum Gasteiger partial charge on any atom is -0.380 e. The number of rotatable bonds is 7. The van der Waals surface area contributed by atoms with E-state index in [1.807, 2.05) is 14.0 Å². The molecule has 2 N–H and O–H groups in total. The van der Waals surface area contributed by atoms with E-state index in [0.717, 1.165) is 25.7 Å². The quantitative estimate of drug-likeness (QED) is 0.438. The molecule has 8 nitrogen and oxygen atoms in total. The molecule has 1 amide bonds. The van der Waals surface area contributed by atoms with E-state index in [1.54, 1.807) is 30.6 Å².